The predicted molar refractivity (Wildman–Crippen MR) is 121 cm³/mol. The number of hydrogen-bond donors (Lipinski definition) is 1. The number of aromatic nitrogens is 1. The Bertz CT molecular complexity index is 913. The minimum absolute atomic E-state index is 0.0155. The van der Waals surface area contributed by atoms with Crippen LogP contribution in [0.1, 0.15) is 55.6 Å². The van der Waals surface area contributed by atoms with Gasteiger partial charge in [0, 0.05) is 56.6 Å². The number of piperidine rings is 2. The Labute approximate surface area is 179 Å². The second-order valence-corrected chi connectivity index (χ2v) is 9.15. The molecule has 3 heterocycles. The Balaban J connectivity index is 1.34. The van der Waals surface area contributed by atoms with Crippen molar-refractivity contribution in [3.8, 4) is 0 Å². The summed E-state index contributed by atoms with van der Waals surface area (Å²) in [6.07, 6.45) is 8.98. The molecule has 0 saturated carbocycles. The molecule has 2 saturated heterocycles. The maximum absolute atomic E-state index is 12.5. The molecule has 5 rings (SSSR count). The number of carbonyl (C=O) groups is 1. The first-order valence-corrected chi connectivity index (χ1v) is 11.5. The first kappa shape index (κ1) is 19.4. The minimum atomic E-state index is -0.0155. The van der Waals surface area contributed by atoms with Gasteiger partial charge in [0.15, 0.2) is 0 Å². The summed E-state index contributed by atoms with van der Waals surface area (Å²) < 4.78 is 0. The Morgan fingerprint density at radius 1 is 1.03 bits per heavy atom. The van der Waals surface area contributed by atoms with Gasteiger partial charge in [-0.15, -0.1) is 0 Å². The van der Waals surface area contributed by atoms with Crippen molar-refractivity contribution in [1.29, 1.82) is 0 Å². The molecular weight excluding hydrogens is 372 g/mol. The molecule has 2 aliphatic heterocycles. The number of nitrogens with one attached hydrogen (secondary N) is 1. The highest BCUT2D eigenvalue weighted by Crippen LogP contribution is 2.52. The highest BCUT2D eigenvalue weighted by Gasteiger charge is 2.47. The molecule has 2 fully saturated rings. The second kappa shape index (κ2) is 7.93. The Kier molecular flexibility index (Phi) is 5.13. The molecule has 0 bridgehead atoms. The van der Waals surface area contributed by atoms with Gasteiger partial charge < -0.3 is 15.1 Å². The van der Waals surface area contributed by atoms with Crippen LogP contribution in [0.2, 0.25) is 0 Å². The van der Waals surface area contributed by atoms with Crippen molar-refractivity contribution in [2.45, 2.75) is 49.9 Å². The van der Waals surface area contributed by atoms with E-state index >= 15 is 0 Å². The summed E-state index contributed by atoms with van der Waals surface area (Å²) in [7, 11) is 1.75. The summed E-state index contributed by atoms with van der Waals surface area (Å²) in [4.78, 5) is 22.2. The van der Waals surface area contributed by atoms with Crippen molar-refractivity contribution in [1.82, 2.24) is 10.3 Å². The van der Waals surface area contributed by atoms with E-state index in [4.69, 9.17) is 4.98 Å². The van der Waals surface area contributed by atoms with Gasteiger partial charge in [-0.1, -0.05) is 24.3 Å². The number of pyridine rings is 1. The molecule has 1 aliphatic carbocycles. The lowest BCUT2D eigenvalue weighted by molar-refractivity contribution is -0.122. The smallest absolute Gasteiger partial charge is 0.227 e. The van der Waals surface area contributed by atoms with Crippen molar-refractivity contribution in [2.24, 2.45) is 0 Å². The van der Waals surface area contributed by atoms with Gasteiger partial charge in [0.05, 0.1) is 5.92 Å². The molecule has 5 nitrogen and oxygen atoms in total. The number of rotatable bonds is 3. The molecule has 1 N–H and O–H groups in total. The topological polar surface area (TPSA) is 48.5 Å². The summed E-state index contributed by atoms with van der Waals surface area (Å²) in [5.41, 5.74) is 4.06. The molecule has 2 aromatic rings. The number of carbonyl (C=O) groups excluding carboxylic acids is 1. The molecule has 30 heavy (non-hydrogen) atoms. The van der Waals surface area contributed by atoms with Crippen LogP contribution in [0, 0.1) is 0 Å². The van der Waals surface area contributed by atoms with Gasteiger partial charge >= 0.3 is 0 Å². The van der Waals surface area contributed by atoms with Crippen LogP contribution in [0.4, 0.5) is 11.5 Å². The van der Waals surface area contributed by atoms with E-state index in [9.17, 15) is 4.79 Å². The zero-order chi connectivity index (χ0) is 20.6. The van der Waals surface area contributed by atoms with Gasteiger partial charge in [0.1, 0.15) is 5.82 Å². The lowest BCUT2D eigenvalue weighted by Crippen LogP contribution is -2.42. The van der Waals surface area contributed by atoms with E-state index in [-0.39, 0.29) is 17.2 Å². The molecule has 1 atom stereocenters. The molecule has 1 unspecified atom stereocenters. The minimum Gasteiger partial charge on any atom is -0.371 e. The first-order chi connectivity index (χ1) is 14.7. The highest BCUT2D eigenvalue weighted by molar-refractivity contribution is 5.85. The first-order valence-electron chi connectivity index (χ1n) is 11.5. The average Bonchev–Trinajstić information content (AvgIpc) is 3.14. The van der Waals surface area contributed by atoms with Crippen molar-refractivity contribution in [3.63, 3.8) is 0 Å². The summed E-state index contributed by atoms with van der Waals surface area (Å²) in [6.45, 7) is 4.30. The van der Waals surface area contributed by atoms with E-state index in [0.29, 0.717) is 0 Å². The van der Waals surface area contributed by atoms with E-state index in [2.05, 4.69) is 51.5 Å². The summed E-state index contributed by atoms with van der Waals surface area (Å²) in [5, 5.41) is 2.88. The normalized spacial score (nSPS) is 22.8. The van der Waals surface area contributed by atoms with Crippen LogP contribution in [0.3, 0.4) is 0 Å². The largest absolute Gasteiger partial charge is 0.371 e. The van der Waals surface area contributed by atoms with Gasteiger partial charge in [-0.25, -0.2) is 4.98 Å². The number of nitrogens with zero attached hydrogens (tertiary/aromatic N) is 3. The SMILES string of the molecule is CNC(=O)C1CC2(CCN(c3cc(N4CCCCC4)ccn3)CC2)c2ccccc21. The van der Waals surface area contributed by atoms with Crippen LogP contribution in [0.5, 0.6) is 0 Å². The molecule has 1 aromatic heterocycles. The molecule has 1 aromatic carbocycles. The van der Waals surface area contributed by atoms with Gasteiger partial charge in [0.2, 0.25) is 5.91 Å². The lowest BCUT2D eigenvalue weighted by Gasteiger charge is -2.41. The van der Waals surface area contributed by atoms with Crippen molar-refractivity contribution >= 4 is 17.4 Å². The van der Waals surface area contributed by atoms with Gasteiger partial charge in [-0.05, 0) is 55.7 Å². The molecular formula is C25H32N4O. The van der Waals surface area contributed by atoms with Crippen LogP contribution in [-0.4, -0.2) is 44.1 Å². The van der Waals surface area contributed by atoms with E-state index in [1.54, 1.807) is 7.05 Å². The Morgan fingerprint density at radius 3 is 2.57 bits per heavy atom. The van der Waals surface area contributed by atoms with E-state index in [1.807, 2.05) is 6.20 Å². The molecule has 5 heteroatoms. The van der Waals surface area contributed by atoms with Crippen molar-refractivity contribution < 1.29 is 4.79 Å². The summed E-state index contributed by atoms with van der Waals surface area (Å²) in [5.74, 6) is 1.23. The van der Waals surface area contributed by atoms with Crippen LogP contribution < -0.4 is 15.1 Å². The van der Waals surface area contributed by atoms with Crippen LogP contribution >= 0.6 is 0 Å². The van der Waals surface area contributed by atoms with E-state index in [0.717, 1.165) is 51.3 Å². The van der Waals surface area contributed by atoms with Gasteiger partial charge in [0.25, 0.3) is 0 Å². The summed E-state index contributed by atoms with van der Waals surface area (Å²) in [6, 6.07) is 13.0. The molecule has 1 amide bonds. The van der Waals surface area contributed by atoms with E-state index < -0.39 is 0 Å². The van der Waals surface area contributed by atoms with Gasteiger partial charge in [-0.3, -0.25) is 4.79 Å². The van der Waals surface area contributed by atoms with E-state index in [1.165, 1.54) is 36.1 Å². The summed E-state index contributed by atoms with van der Waals surface area (Å²) >= 11 is 0. The van der Waals surface area contributed by atoms with Crippen LogP contribution in [0.25, 0.3) is 0 Å². The number of fused-ring (bicyclic) bond motifs is 2. The molecule has 0 radical (unpaired) electrons. The van der Waals surface area contributed by atoms with Crippen LogP contribution in [0.15, 0.2) is 42.6 Å². The number of anilines is 2. The zero-order valence-corrected chi connectivity index (χ0v) is 17.9. The van der Waals surface area contributed by atoms with Crippen LogP contribution in [-0.2, 0) is 10.2 Å². The third-order valence-corrected chi connectivity index (χ3v) is 7.56. The lowest BCUT2D eigenvalue weighted by atomic mass is 9.73. The zero-order valence-electron chi connectivity index (χ0n) is 17.9. The fourth-order valence-corrected chi connectivity index (χ4v) is 5.87. The Morgan fingerprint density at radius 2 is 1.80 bits per heavy atom. The number of amides is 1. The van der Waals surface area contributed by atoms with Crippen molar-refractivity contribution in [2.75, 3.05) is 43.0 Å². The van der Waals surface area contributed by atoms with Crippen molar-refractivity contribution in [3.05, 3.63) is 53.7 Å². The predicted octanol–water partition coefficient (Wildman–Crippen LogP) is 3.84. The Hall–Kier alpha value is -2.56. The van der Waals surface area contributed by atoms with Gasteiger partial charge in [-0.2, -0.15) is 0 Å². The quantitative estimate of drug-likeness (QED) is 0.844. The molecule has 3 aliphatic rings. The monoisotopic (exact) mass is 404 g/mol. The average molecular weight is 405 g/mol. The fraction of sp³-hybridized carbons (Fsp3) is 0.520. The molecule has 1 spiro atoms. The number of likely N-dealkylation sites (N-methyl/N-ethyl adjacent to an activating group) is 1. The fourth-order valence-electron chi connectivity index (χ4n) is 5.87. The maximum atomic E-state index is 12.5. The third kappa shape index (κ3) is 3.34. The highest BCUT2D eigenvalue weighted by atomic mass is 16.1. The second-order valence-electron chi connectivity index (χ2n) is 9.15. The standard InChI is InChI=1S/C25H32N4O/c1-26-24(30)21-18-25(22-8-4-3-7-20(21)22)10-15-29(16-11-25)23-17-19(9-12-27-23)28-13-5-2-6-14-28/h3-4,7-9,12,17,21H,2,5-6,10-11,13-16,18H2,1H3,(H,26,30). The third-order valence-electron chi connectivity index (χ3n) is 7.56. The molecule has 158 valence electrons. The number of benzene rings is 1. The number of hydrogen-bond acceptors (Lipinski definition) is 4. The maximum Gasteiger partial charge on any atom is 0.227 e.